The van der Waals surface area contributed by atoms with E-state index in [-0.39, 0.29) is 42.2 Å². The van der Waals surface area contributed by atoms with Crippen molar-refractivity contribution < 1.29 is 19.1 Å². The lowest BCUT2D eigenvalue weighted by atomic mass is 10.1. The fourth-order valence-electron chi connectivity index (χ4n) is 5.45. The van der Waals surface area contributed by atoms with Crippen molar-refractivity contribution in [3.63, 3.8) is 0 Å². The minimum Gasteiger partial charge on any atom is -0.457 e. The predicted molar refractivity (Wildman–Crippen MR) is 161 cm³/mol. The maximum Gasteiger partial charge on any atom is 0.331 e. The van der Waals surface area contributed by atoms with E-state index in [9.17, 15) is 14.4 Å². The summed E-state index contributed by atoms with van der Waals surface area (Å²) in [5.74, 6) is 1.21. The van der Waals surface area contributed by atoms with Crippen LogP contribution in [0, 0.1) is 6.92 Å². The third kappa shape index (κ3) is 5.32. The zero-order valence-corrected chi connectivity index (χ0v) is 23.8. The number of hydrogen-bond acceptors (Lipinski definition) is 6. The van der Waals surface area contributed by atoms with E-state index in [4.69, 9.17) is 16.3 Å². The largest absolute Gasteiger partial charge is 0.457 e. The van der Waals surface area contributed by atoms with Gasteiger partial charge in [0.05, 0.1) is 22.4 Å². The monoisotopic (exact) mass is 589 g/mol. The second-order valence-corrected chi connectivity index (χ2v) is 11.4. The summed E-state index contributed by atoms with van der Waals surface area (Å²) in [6.45, 7) is 1.92. The van der Waals surface area contributed by atoms with Crippen LogP contribution in [-0.2, 0) is 4.79 Å². The molecule has 0 bridgehead atoms. The fourth-order valence-corrected chi connectivity index (χ4v) is 6.65. The number of thiophene rings is 1. The van der Waals surface area contributed by atoms with Gasteiger partial charge in [0, 0.05) is 30.6 Å². The first-order chi connectivity index (χ1) is 19.9. The Balaban J connectivity index is 1.28. The third-order valence-corrected chi connectivity index (χ3v) is 8.63. The van der Waals surface area contributed by atoms with Crippen molar-refractivity contribution in [3.8, 4) is 11.5 Å². The van der Waals surface area contributed by atoms with Crippen LogP contribution in [0.2, 0.25) is 0 Å². The Morgan fingerprint density at radius 1 is 1.07 bits per heavy atom. The van der Waals surface area contributed by atoms with E-state index in [2.05, 4.69) is 20.9 Å². The number of nitrogens with zero attached hydrogens (tertiary/aromatic N) is 2. The Morgan fingerprint density at radius 2 is 1.85 bits per heavy atom. The topological polar surface area (TPSA) is 113 Å². The normalized spacial score (nSPS) is 17.8. The van der Waals surface area contributed by atoms with Gasteiger partial charge >= 0.3 is 6.03 Å². The highest BCUT2D eigenvalue weighted by Crippen LogP contribution is 2.46. The maximum absolute atomic E-state index is 13.6. The van der Waals surface area contributed by atoms with E-state index in [0.717, 1.165) is 30.6 Å². The number of aryl methyl sites for hydroxylation is 1. The summed E-state index contributed by atoms with van der Waals surface area (Å²) in [6.07, 6.45) is 4.31. The molecule has 3 heterocycles. The number of alkyl halides is 1. The van der Waals surface area contributed by atoms with Crippen LogP contribution < -0.4 is 25.6 Å². The Labute approximate surface area is 245 Å². The number of hydrogen-bond donors (Lipinski definition) is 3. The maximum atomic E-state index is 13.6. The number of rotatable bonds is 8. The Bertz CT molecular complexity index is 1640. The molecule has 9 nitrogen and oxygen atoms in total. The van der Waals surface area contributed by atoms with Crippen molar-refractivity contribution >= 4 is 68.1 Å². The van der Waals surface area contributed by atoms with Crippen LogP contribution in [0.15, 0.2) is 60.8 Å². The van der Waals surface area contributed by atoms with Crippen molar-refractivity contribution in [2.75, 3.05) is 16.1 Å². The van der Waals surface area contributed by atoms with Crippen LogP contribution in [-0.4, -0.2) is 40.8 Å². The molecule has 2 atom stereocenters. The lowest BCUT2D eigenvalue weighted by Crippen LogP contribution is -2.48. The highest BCUT2D eigenvalue weighted by Gasteiger charge is 2.35. The van der Waals surface area contributed by atoms with Gasteiger partial charge in [-0.1, -0.05) is 18.2 Å². The van der Waals surface area contributed by atoms with Gasteiger partial charge in [-0.2, -0.15) is 0 Å². The molecule has 210 valence electrons. The standard InChI is InChI=1S/C30H28ClN5O4S/c1-17-16-19(40-18-6-3-2-4-7-18)10-11-22(17)36-23-13-15-32-29-25(23)26(35-30(36)39)27(41-29)28(38)34-21-9-5-8-20(21)33-24(37)12-14-31/h2-4,6-7,10-11,13,15-16,20-21H,5,8-9,12,14H2,1H3,(H,33,37)(H,34,38)(H,35,39)/t20-,21+/m0/s1. The van der Waals surface area contributed by atoms with Crippen LogP contribution in [0.4, 0.5) is 21.9 Å². The first-order valence-electron chi connectivity index (χ1n) is 13.5. The Kier molecular flexibility index (Phi) is 7.51. The highest BCUT2D eigenvalue weighted by atomic mass is 35.5. The number of anilines is 3. The number of nitrogens with one attached hydrogen (secondary N) is 3. The molecule has 1 fully saturated rings. The molecule has 1 aliphatic heterocycles. The van der Waals surface area contributed by atoms with Crippen LogP contribution in [0.3, 0.4) is 0 Å². The molecule has 1 aliphatic carbocycles. The summed E-state index contributed by atoms with van der Waals surface area (Å²) >= 11 is 6.94. The number of para-hydroxylation sites is 1. The Hall–Kier alpha value is -4.15. The minimum absolute atomic E-state index is 0.126. The number of urea groups is 1. The quantitative estimate of drug-likeness (QED) is 0.204. The van der Waals surface area contributed by atoms with Gasteiger partial charge in [0.25, 0.3) is 5.91 Å². The molecular weight excluding hydrogens is 562 g/mol. The van der Waals surface area contributed by atoms with Gasteiger partial charge in [0.1, 0.15) is 21.2 Å². The van der Waals surface area contributed by atoms with Gasteiger partial charge in [-0.25, -0.2) is 9.78 Å². The number of carbonyl (C=O) groups is 3. The fraction of sp³-hybridized carbons (Fsp3) is 0.267. The number of benzene rings is 2. The molecular formula is C30H28ClN5O4S. The third-order valence-electron chi connectivity index (χ3n) is 7.34. The van der Waals surface area contributed by atoms with E-state index in [1.807, 2.05) is 55.5 Å². The van der Waals surface area contributed by atoms with Crippen LogP contribution >= 0.6 is 22.9 Å². The number of carbonyl (C=O) groups excluding carboxylic acids is 3. The van der Waals surface area contributed by atoms with E-state index < -0.39 is 0 Å². The molecule has 11 heteroatoms. The summed E-state index contributed by atoms with van der Waals surface area (Å²) in [5.41, 5.74) is 2.64. The minimum atomic E-state index is -0.371. The van der Waals surface area contributed by atoms with Gasteiger partial charge in [-0.15, -0.1) is 22.9 Å². The number of pyridine rings is 1. The van der Waals surface area contributed by atoms with Gasteiger partial charge in [-0.3, -0.25) is 14.5 Å². The number of amides is 4. The number of halogens is 1. The van der Waals surface area contributed by atoms with Crippen molar-refractivity contribution in [3.05, 3.63) is 71.2 Å². The van der Waals surface area contributed by atoms with E-state index in [1.165, 1.54) is 11.3 Å². The molecule has 2 aromatic carbocycles. The van der Waals surface area contributed by atoms with Crippen LogP contribution in [0.25, 0.3) is 10.2 Å². The predicted octanol–water partition coefficient (Wildman–Crippen LogP) is 6.48. The molecule has 0 spiro atoms. The molecule has 4 amide bonds. The summed E-state index contributed by atoms with van der Waals surface area (Å²) in [5, 5.41) is 9.73. The zero-order chi connectivity index (χ0) is 28.5. The molecule has 0 saturated heterocycles. The van der Waals surface area contributed by atoms with Gasteiger partial charge < -0.3 is 20.7 Å². The van der Waals surface area contributed by atoms with E-state index in [1.54, 1.807) is 17.2 Å². The average molecular weight is 590 g/mol. The second-order valence-electron chi connectivity index (χ2n) is 10.1. The number of ether oxygens (including phenoxy) is 1. The zero-order valence-electron chi connectivity index (χ0n) is 22.3. The van der Waals surface area contributed by atoms with E-state index in [0.29, 0.717) is 37.9 Å². The molecule has 0 unspecified atom stereocenters. The molecule has 4 aromatic rings. The average Bonchev–Trinajstić information content (AvgIpc) is 3.55. The molecule has 2 aromatic heterocycles. The van der Waals surface area contributed by atoms with Crippen molar-refractivity contribution in [2.24, 2.45) is 0 Å². The molecule has 41 heavy (non-hydrogen) atoms. The molecule has 0 radical (unpaired) electrons. The second kappa shape index (κ2) is 11.4. The lowest BCUT2D eigenvalue weighted by Gasteiger charge is -2.29. The van der Waals surface area contributed by atoms with Crippen molar-refractivity contribution in [1.82, 2.24) is 15.6 Å². The summed E-state index contributed by atoms with van der Waals surface area (Å²) in [7, 11) is 0. The summed E-state index contributed by atoms with van der Waals surface area (Å²) in [6, 6.07) is 16.1. The van der Waals surface area contributed by atoms with Crippen LogP contribution in [0.5, 0.6) is 11.5 Å². The van der Waals surface area contributed by atoms with Gasteiger partial charge in [-0.05, 0) is 68.1 Å². The molecule has 6 rings (SSSR count). The van der Waals surface area contributed by atoms with Gasteiger partial charge in [0.2, 0.25) is 5.91 Å². The van der Waals surface area contributed by atoms with E-state index >= 15 is 0 Å². The number of aromatic nitrogens is 1. The summed E-state index contributed by atoms with van der Waals surface area (Å²) in [4.78, 5) is 46.3. The van der Waals surface area contributed by atoms with Crippen molar-refractivity contribution in [1.29, 1.82) is 0 Å². The molecule has 1 saturated carbocycles. The Morgan fingerprint density at radius 3 is 2.61 bits per heavy atom. The first-order valence-corrected chi connectivity index (χ1v) is 14.8. The summed E-state index contributed by atoms with van der Waals surface area (Å²) < 4.78 is 5.97. The molecule has 2 aliphatic rings. The van der Waals surface area contributed by atoms with Crippen molar-refractivity contribution in [2.45, 2.75) is 44.7 Å². The molecule has 3 N–H and O–H groups in total. The lowest BCUT2D eigenvalue weighted by molar-refractivity contribution is -0.121. The van der Waals surface area contributed by atoms with Gasteiger partial charge in [0.15, 0.2) is 0 Å². The SMILES string of the molecule is Cc1cc(Oc2ccccc2)ccc1N1C(=O)Nc2c(C(=O)N[C@@H]3CCC[C@@H]3NC(=O)CCCl)sc3nccc1c23. The first kappa shape index (κ1) is 27.0. The highest BCUT2D eigenvalue weighted by molar-refractivity contribution is 7.21. The van der Waals surface area contributed by atoms with Crippen LogP contribution in [0.1, 0.15) is 40.9 Å². The smallest absolute Gasteiger partial charge is 0.331 e.